The first-order valence-electron chi connectivity index (χ1n) is 7.04. The Kier molecular flexibility index (Phi) is 4.31. The molecule has 3 rings (SSSR count). The zero-order valence-electron chi connectivity index (χ0n) is 12.3. The van der Waals surface area contributed by atoms with Crippen LogP contribution in [-0.2, 0) is 19.5 Å². The van der Waals surface area contributed by atoms with Crippen LogP contribution in [0.4, 0.5) is 0 Å². The molecule has 0 unspecified atom stereocenters. The van der Waals surface area contributed by atoms with Crippen LogP contribution in [0.1, 0.15) is 22.9 Å². The second-order valence-corrected chi connectivity index (χ2v) is 5.86. The first kappa shape index (κ1) is 14.2. The van der Waals surface area contributed by atoms with E-state index in [0.29, 0.717) is 5.75 Å². The second kappa shape index (κ2) is 6.37. The third kappa shape index (κ3) is 2.99. The van der Waals surface area contributed by atoms with Crippen molar-refractivity contribution in [2.45, 2.75) is 26.4 Å². The first-order valence-corrected chi connectivity index (χ1v) is 7.92. The van der Waals surface area contributed by atoms with Gasteiger partial charge in [0.15, 0.2) is 11.5 Å². The third-order valence-corrected chi connectivity index (χ3v) is 4.51. The van der Waals surface area contributed by atoms with Crippen molar-refractivity contribution in [3.05, 3.63) is 39.6 Å². The Morgan fingerprint density at radius 1 is 1.29 bits per heavy atom. The summed E-state index contributed by atoms with van der Waals surface area (Å²) in [6.07, 6.45) is 1.08. The third-order valence-electron chi connectivity index (χ3n) is 3.55. The largest absolute Gasteiger partial charge is 0.493 e. The van der Waals surface area contributed by atoms with E-state index in [2.05, 4.69) is 23.7 Å². The minimum absolute atomic E-state index is 0.262. The molecule has 1 aliphatic heterocycles. The molecule has 4 nitrogen and oxygen atoms in total. The fourth-order valence-electron chi connectivity index (χ4n) is 2.44. The highest BCUT2D eigenvalue weighted by Gasteiger charge is 2.19. The van der Waals surface area contributed by atoms with Gasteiger partial charge in [0.2, 0.25) is 12.5 Å². The summed E-state index contributed by atoms with van der Waals surface area (Å²) in [7, 11) is 1.65. The number of hydrogen-bond donors (Lipinski definition) is 1. The number of thiophene rings is 1. The van der Waals surface area contributed by atoms with Crippen LogP contribution >= 0.6 is 11.3 Å². The predicted molar refractivity (Wildman–Crippen MR) is 83.4 cm³/mol. The summed E-state index contributed by atoms with van der Waals surface area (Å²) in [4.78, 5) is 1.41. The highest BCUT2D eigenvalue weighted by molar-refractivity contribution is 7.10. The van der Waals surface area contributed by atoms with Crippen LogP contribution in [0, 0.1) is 0 Å². The summed E-state index contributed by atoms with van der Waals surface area (Å²) in [6, 6.07) is 6.20. The van der Waals surface area contributed by atoms with Crippen LogP contribution in [0.5, 0.6) is 17.2 Å². The Labute approximate surface area is 128 Å². The zero-order valence-corrected chi connectivity index (χ0v) is 13.1. The van der Waals surface area contributed by atoms with Crippen LogP contribution in [-0.4, -0.2) is 13.9 Å². The lowest BCUT2D eigenvalue weighted by atomic mass is 10.1. The molecule has 0 spiro atoms. The molecule has 1 aromatic carbocycles. The molecule has 0 atom stereocenters. The summed E-state index contributed by atoms with van der Waals surface area (Å²) in [6.45, 7) is 4.11. The Morgan fingerprint density at radius 2 is 2.19 bits per heavy atom. The average molecular weight is 305 g/mol. The molecular weight excluding hydrogens is 286 g/mol. The van der Waals surface area contributed by atoms with Crippen molar-refractivity contribution >= 4 is 11.3 Å². The highest BCUT2D eigenvalue weighted by atomic mass is 32.1. The molecule has 21 heavy (non-hydrogen) atoms. The Balaban J connectivity index is 1.66. The second-order valence-electron chi connectivity index (χ2n) is 4.86. The smallest absolute Gasteiger partial charge is 0.231 e. The van der Waals surface area contributed by atoms with E-state index in [-0.39, 0.29) is 6.79 Å². The highest BCUT2D eigenvalue weighted by Crippen LogP contribution is 2.41. The normalized spacial score (nSPS) is 12.7. The fraction of sp³-hybridized carbons (Fsp3) is 0.375. The summed E-state index contributed by atoms with van der Waals surface area (Å²) in [5.74, 6) is 2.19. The van der Waals surface area contributed by atoms with Crippen molar-refractivity contribution < 1.29 is 14.2 Å². The molecule has 0 bridgehead atoms. The van der Waals surface area contributed by atoms with Gasteiger partial charge in [0.1, 0.15) is 0 Å². The van der Waals surface area contributed by atoms with Gasteiger partial charge >= 0.3 is 0 Å². The summed E-state index contributed by atoms with van der Waals surface area (Å²) in [5, 5.41) is 5.63. The van der Waals surface area contributed by atoms with Gasteiger partial charge in [-0.2, -0.15) is 0 Å². The first-order chi connectivity index (χ1) is 10.3. The summed E-state index contributed by atoms with van der Waals surface area (Å²) in [5.41, 5.74) is 2.56. The lowest BCUT2D eigenvalue weighted by Gasteiger charge is -2.09. The van der Waals surface area contributed by atoms with Gasteiger partial charge in [-0.15, -0.1) is 11.3 Å². The molecule has 5 heteroatoms. The minimum atomic E-state index is 0.262. The zero-order chi connectivity index (χ0) is 14.7. The van der Waals surface area contributed by atoms with Crippen molar-refractivity contribution in [1.82, 2.24) is 5.32 Å². The average Bonchev–Trinajstić information content (AvgIpc) is 3.14. The summed E-state index contributed by atoms with van der Waals surface area (Å²) < 4.78 is 16.2. The fourth-order valence-corrected chi connectivity index (χ4v) is 3.39. The van der Waals surface area contributed by atoms with E-state index in [1.807, 2.05) is 12.1 Å². The van der Waals surface area contributed by atoms with Gasteiger partial charge < -0.3 is 19.5 Å². The van der Waals surface area contributed by atoms with Crippen molar-refractivity contribution in [2.75, 3.05) is 13.9 Å². The maximum Gasteiger partial charge on any atom is 0.231 e. The maximum absolute atomic E-state index is 5.44. The Morgan fingerprint density at radius 3 is 3.00 bits per heavy atom. The van der Waals surface area contributed by atoms with Crippen LogP contribution in [0.3, 0.4) is 0 Å². The minimum Gasteiger partial charge on any atom is -0.493 e. The molecule has 1 N–H and O–H groups in total. The van der Waals surface area contributed by atoms with Crippen LogP contribution in [0.15, 0.2) is 23.6 Å². The molecule has 112 valence electrons. The van der Waals surface area contributed by atoms with Crippen molar-refractivity contribution in [1.29, 1.82) is 0 Å². The molecule has 0 radical (unpaired) electrons. The number of methoxy groups -OCH3 is 1. The molecule has 0 fully saturated rings. The van der Waals surface area contributed by atoms with Crippen molar-refractivity contribution in [2.24, 2.45) is 0 Å². The molecular formula is C16H19NO3S. The molecule has 2 heterocycles. The van der Waals surface area contributed by atoms with E-state index in [0.717, 1.165) is 36.6 Å². The SMILES string of the molecule is CCc1ccsc1CNCc1cc(OC)c2c(c1)OCO2. The Bertz CT molecular complexity index is 624. The van der Waals surface area contributed by atoms with E-state index in [1.54, 1.807) is 18.4 Å². The number of benzene rings is 1. The van der Waals surface area contributed by atoms with Crippen LogP contribution in [0.2, 0.25) is 0 Å². The lowest BCUT2D eigenvalue weighted by Crippen LogP contribution is -2.12. The Hall–Kier alpha value is -1.72. The van der Waals surface area contributed by atoms with E-state index >= 15 is 0 Å². The molecule has 1 aromatic heterocycles. The standard InChI is InChI=1S/C16H19NO3S/c1-3-12-4-5-21-15(12)9-17-8-11-6-13(18-2)16-14(7-11)19-10-20-16/h4-7,17H,3,8-10H2,1-2H3. The van der Waals surface area contributed by atoms with Crippen molar-refractivity contribution in [3.63, 3.8) is 0 Å². The van der Waals surface area contributed by atoms with Gasteiger partial charge in [-0.1, -0.05) is 6.92 Å². The van der Waals surface area contributed by atoms with Crippen molar-refractivity contribution in [3.8, 4) is 17.2 Å². The number of hydrogen-bond acceptors (Lipinski definition) is 5. The monoisotopic (exact) mass is 305 g/mol. The van der Waals surface area contributed by atoms with Gasteiger partial charge in [-0.25, -0.2) is 0 Å². The molecule has 0 aliphatic carbocycles. The van der Waals surface area contributed by atoms with E-state index < -0.39 is 0 Å². The van der Waals surface area contributed by atoms with Crippen LogP contribution in [0.25, 0.3) is 0 Å². The molecule has 0 amide bonds. The number of ether oxygens (including phenoxy) is 3. The lowest BCUT2D eigenvalue weighted by molar-refractivity contribution is 0.171. The van der Waals surface area contributed by atoms with Gasteiger partial charge in [0, 0.05) is 18.0 Å². The molecule has 0 saturated heterocycles. The summed E-state index contributed by atoms with van der Waals surface area (Å²) >= 11 is 1.81. The number of rotatable bonds is 6. The van der Waals surface area contributed by atoms with Gasteiger partial charge in [-0.3, -0.25) is 0 Å². The topological polar surface area (TPSA) is 39.7 Å². The van der Waals surface area contributed by atoms with Gasteiger partial charge in [-0.05, 0) is 41.1 Å². The van der Waals surface area contributed by atoms with E-state index in [4.69, 9.17) is 14.2 Å². The molecule has 2 aromatic rings. The van der Waals surface area contributed by atoms with Gasteiger partial charge in [0.05, 0.1) is 7.11 Å². The quantitative estimate of drug-likeness (QED) is 0.888. The number of aryl methyl sites for hydroxylation is 1. The van der Waals surface area contributed by atoms with Crippen LogP contribution < -0.4 is 19.5 Å². The van der Waals surface area contributed by atoms with Gasteiger partial charge in [0.25, 0.3) is 0 Å². The van der Waals surface area contributed by atoms with E-state index in [1.165, 1.54) is 10.4 Å². The maximum atomic E-state index is 5.44. The molecule has 1 aliphatic rings. The van der Waals surface area contributed by atoms with E-state index in [9.17, 15) is 0 Å². The number of nitrogens with one attached hydrogen (secondary N) is 1. The predicted octanol–water partition coefficient (Wildman–Crippen LogP) is 3.34. The molecule has 0 saturated carbocycles. The number of fused-ring (bicyclic) bond motifs is 1.